The number of carbonyl (C=O) groups excluding carboxylic acids is 1. The summed E-state index contributed by atoms with van der Waals surface area (Å²) in [7, 11) is 0. The lowest BCUT2D eigenvalue weighted by Gasteiger charge is -2.55. The number of hydrogen-bond acceptors (Lipinski definition) is 8. The molecule has 9 heteroatoms. The summed E-state index contributed by atoms with van der Waals surface area (Å²) in [6.07, 6.45) is 8.40. The van der Waals surface area contributed by atoms with Gasteiger partial charge in [-0.15, -0.1) is 0 Å². The van der Waals surface area contributed by atoms with E-state index in [0.717, 1.165) is 36.8 Å². The number of nitro benzene ring substituents is 1. The first-order valence-electron chi connectivity index (χ1n) is 18.4. The van der Waals surface area contributed by atoms with Crippen molar-refractivity contribution in [2.75, 3.05) is 6.61 Å². The molecule has 11 atom stereocenters. The molecule has 50 heavy (non-hydrogen) atoms. The van der Waals surface area contributed by atoms with E-state index in [9.17, 15) is 14.9 Å². The Hall–Kier alpha value is -3.37. The average Bonchev–Trinajstić information content (AvgIpc) is 3.33. The van der Waals surface area contributed by atoms with Crippen molar-refractivity contribution in [1.29, 1.82) is 0 Å². The van der Waals surface area contributed by atoms with Crippen molar-refractivity contribution in [2.45, 2.75) is 110 Å². The third-order valence-corrected chi connectivity index (χ3v) is 11.9. The predicted octanol–water partition coefficient (Wildman–Crippen LogP) is 8.23. The number of carbonyl (C=O) groups is 1. The van der Waals surface area contributed by atoms with Gasteiger partial charge in [-0.05, 0) is 107 Å². The normalized spacial score (nSPS) is 34.1. The molecule has 0 N–H and O–H groups in total. The van der Waals surface area contributed by atoms with Gasteiger partial charge in [0, 0.05) is 29.9 Å². The molecule has 0 aromatic heterocycles. The van der Waals surface area contributed by atoms with E-state index in [1.165, 1.54) is 29.8 Å². The Labute approximate surface area is 295 Å². The zero-order valence-electron chi connectivity index (χ0n) is 29.9. The van der Waals surface area contributed by atoms with Gasteiger partial charge in [0.2, 0.25) is 0 Å². The fourth-order valence-electron chi connectivity index (χ4n) is 9.84. The number of esters is 1. The van der Waals surface area contributed by atoms with Gasteiger partial charge >= 0.3 is 5.97 Å². The van der Waals surface area contributed by atoms with E-state index in [1.807, 2.05) is 32.0 Å². The van der Waals surface area contributed by atoms with Gasteiger partial charge in [0.15, 0.2) is 5.79 Å². The Morgan fingerprint density at radius 3 is 2.48 bits per heavy atom. The molecule has 0 amide bonds. The van der Waals surface area contributed by atoms with Gasteiger partial charge in [-0.3, -0.25) is 10.1 Å². The highest BCUT2D eigenvalue weighted by Crippen LogP contribution is 2.60. The Kier molecular flexibility index (Phi) is 10.0. The van der Waals surface area contributed by atoms with E-state index >= 15 is 0 Å². The highest BCUT2D eigenvalue weighted by molar-refractivity contribution is 5.89. The first-order valence-corrected chi connectivity index (χ1v) is 18.4. The molecule has 2 saturated heterocycles. The molecule has 5 aliphatic rings. The van der Waals surface area contributed by atoms with Gasteiger partial charge in [-0.2, -0.15) is 0 Å². The SMILES string of the molecule is CC(C)=CCC[C@H](C)[C@@H]1CC[C@@H]2OC(C)(C)O[C@H]3CC4=C[C@H](OC(=O)c5ccc([N+](=O)[O-])cc5)[C@H]5O[C@@H]4[C@H]([C@@H]5COCc4ccccc4)[C@@H]1[C@H]23. The second-order valence-electron chi connectivity index (χ2n) is 15.8. The van der Waals surface area contributed by atoms with Gasteiger partial charge in [-0.1, -0.05) is 48.9 Å². The monoisotopic (exact) mass is 685 g/mol. The van der Waals surface area contributed by atoms with Crippen LogP contribution in [0.1, 0.15) is 82.6 Å². The van der Waals surface area contributed by atoms with Crippen molar-refractivity contribution in [3.8, 4) is 0 Å². The van der Waals surface area contributed by atoms with Crippen LogP contribution in [-0.2, 0) is 30.3 Å². The van der Waals surface area contributed by atoms with E-state index in [4.69, 9.17) is 23.7 Å². The molecule has 0 unspecified atom stereocenters. The van der Waals surface area contributed by atoms with Crippen LogP contribution in [0.15, 0.2) is 77.9 Å². The van der Waals surface area contributed by atoms with Crippen LogP contribution >= 0.6 is 0 Å². The second kappa shape index (κ2) is 14.3. The van der Waals surface area contributed by atoms with Gasteiger partial charge in [0.25, 0.3) is 5.69 Å². The molecule has 3 aliphatic heterocycles. The molecule has 4 fully saturated rings. The topological polar surface area (TPSA) is 106 Å². The minimum Gasteiger partial charge on any atom is -0.452 e. The Balaban J connectivity index is 1.24. The summed E-state index contributed by atoms with van der Waals surface area (Å²) in [5, 5.41) is 11.2. The standard InChI is InChI=1S/C41H51NO8/c1-24(2)10-9-11-25(3)30-18-19-32-37-33(50-41(4,5)49-32)20-28-21-34(47-40(43)27-14-16-29(17-15-27)42(44)45)39-31(36(35(30)37)38(28)48-39)23-46-22-26-12-7-6-8-13-26/h6-8,10,12-17,21,25,30-39H,9,11,18-20,22-23H2,1-5H3/t25-,30-,31-,32-,33-,34-,35+,36+,37+,38-,39-/m0/s1. The maximum atomic E-state index is 13.6. The quantitative estimate of drug-likeness (QED) is 0.101. The van der Waals surface area contributed by atoms with Crippen LogP contribution in [0.5, 0.6) is 0 Å². The fraction of sp³-hybridized carbons (Fsp3) is 0.585. The van der Waals surface area contributed by atoms with E-state index in [0.29, 0.717) is 31.5 Å². The highest BCUT2D eigenvalue weighted by atomic mass is 16.7. The van der Waals surface area contributed by atoms with Gasteiger partial charge in [0.05, 0.1) is 42.0 Å². The summed E-state index contributed by atoms with van der Waals surface area (Å²) < 4.78 is 33.3. The lowest BCUT2D eigenvalue weighted by Crippen LogP contribution is -2.58. The predicted molar refractivity (Wildman–Crippen MR) is 188 cm³/mol. The van der Waals surface area contributed by atoms with Crippen LogP contribution in [0.3, 0.4) is 0 Å². The Morgan fingerprint density at radius 2 is 1.76 bits per heavy atom. The summed E-state index contributed by atoms with van der Waals surface area (Å²) in [5.41, 5.74) is 3.78. The molecule has 7 rings (SSSR count). The lowest BCUT2D eigenvalue weighted by molar-refractivity contribution is -0.384. The lowest BCUT2D eigenvalue weighted by atomic mass is 9.57. The number of allylic oxidation sites excluding steroid dienone is 2. The maximum absolute atomic E-state index is 13.6. The largest absolute Gasteiger partial charge is 0.452 e. The number of ether oxygens (including phenoxy) is 5. The molecule has 268 valence electrons. The summed E-state index contributed by atoms with van der Waals surface area (Å²) in [6, 6.07) is 15.8. The minimum atomic E-state index is -0.698. The van der Waals surface area contributed by atoms with Gasteiger partial charge in [-0.25, -0.2) is 4.79 Å². The summed E-state index contributed by atoms with van der Waals surface area (Å²) in [5.74, 6) is 0.357. The number of fused-ring (bicyclic) bond motifs is 2. The molecule has 2 saturated carbocycles. The van der Waals surface area contributed by atoms with E-state index < -0.39 is 22.8 Å². The van der Waals surface area contributed by atoms with Crippen molar-refractivity contribution in [2.24, 2.45) is 35.5 Å². The average molecular weight is 686 g/mol. The van der Waals surface area contributed by atoms with Crippen molar-refractivity contribution in [3.05, 3.63) is 99.1 Å². The molecule has 2 aromatic carbocycles. The zero-order valence-corrected chi connectivity index (χ0v) is 29.9. The molecule has 3 heterocycles. The first-order chi connectivity index (χ1) is 24.0. The molecule has 0 spiro atoms. The Morgan fingerprint density at radius 1 is 1.02 bits per heavy atom. The fourth-order valence-corrected chi connectivity index (χ4v) is 9.84. The maximum Gasteiger partial charge on any atom is 0.338 e. The second-order valence-corrected chi connectivity index (χ2v) is 15.8. The molecular weight excluding hydrogens is 634 g/mol. The van der Waals surface area contributed by atoms with E-state index in [1.54, 1.807) is 0 Å². The van der Waals surface area contributed by atoms with Crippen molar-refractivity contribution in [3.63, 3.8) is 0 Å². The third kappa shape index (κ3) is 7.07. The molecule has 9 nitrogen and oxygen atoms in total. The zero-order chi connectivity index (χ0) is 35.2. The first kappa shape index (κ1) is 35.1. The van der Waals surface area contributed by atoms with Crippen molar-refractivity contribution >= 4 is 11.7 Å². The Bertz CT molecular complexity index is 1600. The number of hydrogen-bond donors (Lipinski definition) is 0. The number of non-ortho nitro benzene ring substituents is 1. The summed E-state index contributed by atoms with van der Waals surface area (Å²) in [6.45, 7) is 11.8. The molecule has 2 aliphatic carbocycles. The van der Waals surface area contributed by atoms with Crippen LogP contribution in [0, 0.1) is 45.6 Å². The van der Waals surface area contributed by atoms with Gasteiger partial charge < -0.3 is 23.7 Å². The summed E-state index contributed by atoms with van der Waals surface area (Å²) >= 11 is 0. The molecule has 2 bridgehead atoms. The van der Waals surface area contributed by atoms with Crippen molar-refractivity contribution < 1.29 is 33.4 Å². The van der Waals surface area contributed by atoms with E-state index in [2.05, 4.69) is 45.1 Å². The van der Waals surface area contributed by atoms with Crippen LogP contribution in [-0.4, -0.2) is 53.8 Å². The molecule has 2 aromatic rings. The van der Waals surface area contributed by atoms with Crippen LogP contribution in [0.25, 0.3) is 0 Å². The van der Waals surface area contributed by atoms with Gasteiger partial charge in [0.1, 0.15) is 12.2 Å². The molecule has 0 radical (unpaired) electrons. The smallest absolute Gasteiger partial charge is 0.338 e. The number of rotatable bonds is 11. The molecular formula is C41H51NO8. The van der Waals surface area contributed by atoms with Crippen LogP contribution in [0.2, 0.25) is 0 Å². The highest BCUT2D eigenvalue weighted by Gasteiger charge is 2.64. The number of benzene rings is 2. The number of nitro groups is 1. The summed E-state index contributed by atoms with van der Waals surface area (Å²) in [4.78, 5) is 24.3. The van der Waals surface area contributed by atoms with Crippen LogP contribution < -0.4 is 0 Å². The van der Waals surface area contributed by atoms with Crippen LogP contribution in [0.4, 0.5) is 5.69 Å². The third-order valence-electron chi connectivity index (χ3n) is 11.9. The van der Waals surface area contributed by atoms with Crippen molar-refractivity contribution in [1.82, 2.24) is 0 Å². The minimum absolute atomic E-state index is 0.0305. The van der Waals surface area contributed by atoms with E-state index in [-0.39, 0.29) is 59.3 Å². The number of nitrogens with zero attached hydrogens (tertiary/aromatic N) is 1.